The fraction of sp³-hybridized carbons (Fsp3) is 0.286. The Morgan fingerprint density at radius 3 is 2.67 bits per heavy atom. The van der Waals surface area contributed by atoms with Gasteiger partial charge in [0.25, 0.3) is 5.91 Å². The van der Waals surface area contributed by atoms with Crippen LogP contribution in [0.1, 0.15) is 24.2 Å². The molecule has 1 aromatic carbocycles. The quantitative estimate of drug-likeness (QED) is 0.769. The number of halogens is 2. The molecular weight excluding hydrogens is 358 g/mol. The van der Waals surface area contributed by atoms with Gasteiger partial charge in [-0.3, -0.25) is 9.59 Å². The summed E-state index contributed by atoms with van der Waals surface area (Å²) in [5.74, 6) is -0.311. The molecule has 0 aliphatic heterocycles. The maximum absolute atomic E-state index is 12.4. The third kappa shape index (κ3) is 4.06. The molecule has 0 radical (unpaired) electrons. The summed E-state index contributed by atoms with van der Waals surface area (Å²) in [6, 6.07) is 6.67. The van der Waals surface area contributed by atoms with Gasteiger partial charge in [-0.25, -0.2) is 0 Å². The SMILES string of the molecule is CC(C)(CN)NC(=O)c1cc(=O)[nH]c2ccc(Br)cc12.Cl. The van der Waals surface area contributed by atoms with Crippen LogP contribution in [-0.4, -0.2) is 23.0 Å². The molecule has 4 N–H and O–H groups in total. The van der Waals surface area contributed by atoms with E-state index >= 15 is 0 Å². The zero-order valence-corrected chi connectivity index (χ0v) is 14.1. The largest absolute Gasteiger partial charge is 0.346 e. The maximum Gasteiger partial charge on any atom is 0.252 e. The number of aromatic amines is 1. The molecule has 1 aromatic heterocycles. The van der Waals surface area contributed by atoms with Gasteiger partial charge in [0.1, 0.15) is 0 Å². The van der Waals surface area contributed by atoms with Gasteiger partial charge < -0.3 is 16.0 Å². The second kappa shape index (κ2) is 6.60. The van der Waals surface area contributed by atoms with Crippen LogP contribution < -0.4 is 16.6 Å². The third-order valence-corrected chi connectivity index (χ3v) is 3.51. The number of nitrogens with two attached hydrogens (primary N) is 1. The monoisotopic (exact) mass is 373 g/mol. The van der Waals surface area contributed by atoms with Crippen LogP contribution in [0.3, 0.4) is 0 Å². The zero-order chi connectivity index (χ0) is 14.9. The number of fused-ring (bicyclic) bond motifs is 1. The highest BCUT2D eigenvalue weighted by Crippen LogP contribution is 2.21. The number of carbonyl (C=O) groups excluding carboxylic acids is 1. The van der Waals surface area contributed by atoms with E-state index in [0.29, 0.717) is 23.0 Å². The molecule has 0 atom stereocenters. The van der Waals surface area contributed by atoms with Crippen LogP contribution in [0.4, 0.5) is 0 Å². The van der Waals surface area contributed by atoms with Crippen molar-refractivity contribution in [3.63, 3.8) is 0 Å². The van der Waals surface area contributed by atoms with Crippen molar-refractivity contribution in [2.75, 3.05) is 6.54 Å². The highest BCUT2D eigenvalue weighted by molar-refractivity contribution is 9.10. The van der Waals surface area contributed by atoms with Crippen molar-refractivity contribution in [3.05, 3.63) is 44.7 Å². The Balaban J connectivity index is 0.00000220. The first kappa shape index (κ1) is 17.7. The second-order valence-electron chi connectivity index (χ2n) is 5.28. The van der Waals surface area contributed by atoms with Crippen molar-refractivity contribution in [2.45, 2.75) is 19.4 Å². The van der Waals surface area contributed by atoms with Crippen LogP contribution in [0.2, 0.25) is 0 Å². The van der Waals surface area contributed by atoms with Gasteiger partial charge in [-0.1, -0.05) is 15.9 Å². The highest BCUT2D eigenvalue weighted by atomic mass is 79.9. The number of nitrogens with one attached hydrogen (secondary N) is 2. The van der Waals surface area contributed by atoms with Gasteiger partial charge >= 0.3 is 0 Å². The van der Waals surface area contributed by atoms with Gasteiger partial charge in [0.2, 0.25) is 5.56 Å². The lowest BCUT2D eigenvalue weighted by atomic mass is 10.0. The number of benzene rings is 1. The van der Waals surface area contributed by atoms with E-state index in [1.807, 2.05) is 19.9 Å². The fourth-order valence-electron chi connectivity index (χ4n) is 1.84. The minimum Gasteiger partial charge on any atom is -0.346 e. The van der Waals surface area contributed by atoms with E-state index in [-0.39, 0.29) is 23.9 Å². The predicted molar refractivity (Wildman–Crippen MR) is 90.1 cm³/mol. The van der Waals surface area contributed by atoms with Crippen LogP contribution in [0.25, 0.3) is 10.9 Å². The molecule has 1 amide bonds. The minimum absolute atomic E-state index is 0. The molecule has 0 saturated heterocycles. The molecule has 2 rings (SSSR count). The average Bonchev–Trinajstić information content (AvgIpc) is 2.38. The van der Waals surface area contributed by atoms with Crippen LogP contribution in [0.15, 0.2) is 33.5 Å². The Hall–Kier alpha value is -1.37. The van der Waals surface area contributed by atoms with Crippen molar-refractivity contribution in [1.29, 1.82) is 0 Å². The molecule has 0 aliphatic carbocycles. The summed E-state index contributed by atoms with van der Waals surface area (Å²) in [4.78, 5) is 26.7. The molecule has 5 nitrogen and oxygen atoms in total. The van der Waals surface area contributed by atoms with Crippen LogP contribution in [0, 0.1) is 0 Å². The van der Waals surface area contributed by atoms with Crippen LogP contribution in [0.5, 0.6) is 0 Å². The lowest BCUT2D eigenvalue weighted by molar-refractivity contribution is 0.0917. The standard InChI is InChI=1S/C14H16BrN3O2.ClH/c1-14(2,7-16)18-13(20)10-6-12(19)17-11-4-3-8(15)5-9(10)11;/h3-6H,7,16H2,1-2H3,(H,17,19)(H,18,20);1H. The first-order valence-electron chi connectivity index (χ1n) is 6.17. The summed E-state index contributed by atoms with van der Waals surface area (Å²) in [5, 5.41) is 3.51. The maximum atomic E-state index is 12.4. The Kier molecular flexibility index (Phi) is 5.55. The van der Waals surface area contributed by atoms with Crippen molar-refractivity contribution < 1.29 is 4.79 Å². The fourth-order valence-corrected chi connectivity index (χ4v) is 2.20. The molecule has 21 heavy (non-hydrogen) atoms. The van der Waals surface area contributed by atoms with E-state index in [4.69, 9.17) is 5.73 Å². The van der Waals surface area contributed by atoms with Gasteiger partial charge in [-0.05, 0) is 32.0 Å². The molecule has 1 heterocycles. The summed E-state index contributed by atoms with van der Waals surface area (Å²) < 4.78 is 0.837. The van der Waals surface area contributed by atoms with Crippen molar-refractivity contribution >= 4 is 45.1 Å². The Morgan fingerprint density at radius 1 is 1.38 bits per heavy atom. The second-order valence-corrected chi connectivity index (χ2v) is 6.19. The van der Waals surface area contributed by atoms with Crippen LogP contribution >= 0.6 is 28.3 Å². The first-order chi connectivity index (χ1) is 9.32. The molecular formula is C14H17BrClN3O2. The Bertz CT molecular complexity index is 728. The predicted octanol–water partition coefficient (Wildman–Crippen LogP) is 2.18. The van der Waals surface area contributed by atoms with Crippen molar-refractivity contribution in [2.24, 2.45) is 5.73 Å². The molecule has 0 spiro atoms. The Labute approximate surface area is 136 Å². The van der Waals surface area contributed by atoms with Gasteiger partial charge in [0.15, 0.2) is 0 Å². The summed E-state index contributed by atoms with van der Waals surface area (Å²) >= 11 is 3.37. The van der Waals surface area contributed by atoms with E-state index in [2.05, 4.69) is 26.2 Å². The molecule has 114 valence electrons. The lowest BCUT2D eigenvalue weighted by Crippen LogP contribution is -2.49. The summed E-state index contributed by atoms with van der Waals surface area (Å²) in [6.45, 7) is 3.97. The highest BCUT2D eigenvalue weighted by Gasteiger charge is 2.21. The summed E-state index contributed by atoms with van der Waals surface area (Å²) in [5.41, 5.74) is 5.73. The number of hydrogen-bond acceptors (Lipinski definition) is 3. The number of aromatic nitrogens is 1. The average molecular weight is 375 g/mol. The molecule has 7 heteroatoms. The number of amides is 1. The number of carbonyl (C=O) groups is 1. The minimum atomic E-state index is -0.530. The normalized spacial score (nSPS) is 11.0. The molecule has 0 unspecified atom stereocenters. The van der Waals surface area contributed by atoms with Gasteiger partial charge in [0, 0.05) is 33.5 Å². The Morgan fingerprint density at radius 2 is 2.05 bits per heavy atom. The number of pyridine rings is 1. The smallest absolute Gasteiger partial charge is 0.252 e. The van der Waals surface area contributed by atoms with Gasteiger partial charge in [-0.15, -0.1) is 12.4 Å². The summed E-state index contributed by atoms with van der Waals surface area (Å²) in [7, 11) is 0. The topological polar surface area (TPSA) is 88.0 Å². The van der Waals surface area contributed by atoms with E-state index in [1.165, 1.54) is 6.07 Å². The number of rotatable bonds is 3. The van der Waals surface area contributed by atoms with E-state index in [1.54, 1.807) is 12.1 Å². The third-order valence-electron chi connectivity index (χ3n) is 3.01. The molecule has 0 aliphatic rings. The van der Waals surface area contributed by atoms with Crippen LogP contribution in [-0.2, 0) is 0 Å². The van der Waals surface area contributed by atoms with Gasteiger partial charge in [-0.2, -0.15) is 0 Å². The van der Waals surface area contributed by atoms with E-state index in [0.717, 1.165) is 4.47 Å². The van der Waals surface area contributed by atoms with E-state index < -0.39 is 5.54 Å². The van der Waals surface area contributed by atoms with E-state index in [9.17, 15) is 9.59 Å². The zero-order valence-electron chi connectivity index (χ0n) is 11.7. The first-order valence-corrected chi connectivity index (χ1v) is 6.97. The number of H-pyrrole nitrogens is 1. The van der Waals surface area contributed by atoms with Crippen molar-refractivity contribution in [3.8, 4) is 0 Å². The van der Waals surface area contributed by atoms with Crippen molar-refractivity contribution in [1.82, 2.24) is 10.3 Å². The summed E-state index contributed by atoms with van der Waals surface area (Å²) in [6.07, 6.45) is 0. The number of hydrogen-bond donors (Lipinski definition) is 3. The molecule has 2 aromatic rings. The molecule has 0 saturated carbocycles. The molecule has 0 bridgehead atoms. The lowest BCUT2D eigenvalue weighted by Gasteiger charge is -2.24. The van der Waals surface area contributed by atoms with Gasteiger partial charge in [0.05, 0.1) is 5.56 Å². The molecule has 0 fully saturated rings.